The zero-order chi connectivity index (χ0) is 22.7. The topological polar surface area (TPSA) is 74.3 Å². The molecule has 0 radical (unpaired) electrons. The molecular weight excluding hydrogens is 400 g/mol. The lowest BCUT2D eigenvalue weighted by Gasteiger charge is -2.26. The molecule has 0 saturated heterocycles. The molecule has 1 atom stereocenters. The summed E-state index contributed by atoms with van der Waals surface area (Å²) in [7, 11) is 3.93. The number of aryl methyl sites for hydroxylation is 1. The first-order valence-corrected chi connectivity index (χ1v) is 10.5. The number of hydrogen-bond acceptors (Lipinski definition) is 4. The zero-order valence-corrected chi connectivity index (χ0v) is 18.4. The van der Waals surface area contributed by atoms with Gasteiger partial charge in [-0.15, -0.1) is 0 Å². The van der Waals surface area contributed by atoms with E-state index in [0.717, 1.165) is 32.9 Å². The maximum atomic E-state index is 12.6. The second-order valence-electron chi connectivity index (χ2n) is 8.04. The van der Waals surface area contributed by atoms with Crippen molar-refractivity contribution in [3.8, 4) is 0 Å². The van der Waals surface area contributed by atoms with Gasteiger partial charge in [0.1, 0.15) is 0 Å². The number of amides is 2. The second-order valence-corrected chi connectivity index (χ2v) is 8.04. The van der Waals surface area contributed by atoms with E-state index < -0.39 is 11.8 Å². The van der Waals surface area contributed by atoms with E-state index in [9.17, 15) is 9.59 Å². The minimum Gasteiger partial charge on any atom is -0.346 e. The molecule has 0 saturated carbocycles. The lowest BCUT2D eigenvalue weighted by Crippen LogP contribution is -2.40. The molecule has 1 aromatic heterocycles. The van der Waals surface area contributed by atoms with Crippen molar-refractivity contribution >= 4 is 39.2 Å². The van der Waals surface area contributed by atoms with Crippen LogP contribution in [0.3, 0.4) is 0 Å². The number of likely N-dealkylation sites (N-methyl/N-ethyl adjacent to an activating group) is 1. The maximum absolute atomic E-state index is 12.6. The van der Waals surface area contributed by atoms with Gasteiger partial charge in [-0.1, -0.05) is 60.7 Å². The molecule has 162 valence electrons. The number of benzene rings is 3. The summed E-state index contributed by atoms with van der Waals surface area (Å²) in [5.41, 5.74) is 3.21. The van der Waals surface area contributed by atoms with Gasteiger partial charge in [0.2, 0.25) is 0 Å². The fourth-order valence-electron chi connectivity index (χ4n) is 3.97. The van der Waals surface area contributed by atoms with E-state index in [2.05, 4.69) is 39.9 Å². The van der Waals surface area contributed by atoms with Crippen LogP contribution in [0.15, 0.2) is 72.8 Å². The van der Waals surface area contributed by atoms with Crippen LogP contribution in [-0.4, -0.2) is 42.3 Å². The third-order valence-electron chi connectivity index (χ3n) is 5.56. The minimum absolute atomic E-state index is 0.0816. The number of carbonyl (C=O) groups excluding carboxylic acids is 2. The third-order valence-corrected chi connectivity index (χ3v) is 5.56. The van der Waals surface area contributed by atoms with Crippen LogP contribution in [0.4, 0.5) is 5.69 Å². The maximum Gasteiger partial charge on any atom is 0.313 e. The van der Waals surface area contributed by atoms with Gasteiger partial charge in [0.25, 0.3) is 0 Å². The molecule has 1 heterocycles. The Morgan fingerprint density at radius 1 is 0.906 bits per heavy atom. The van der Waals surface area contributed by atoms with Gasteiger partial charge in [-0.2, -0.15) is 0 Å². The standard InChI is InChI=1S/C26H26N4O2/c1-17-15-23(21-12-6-7-14-22(21)28-17)29-26(32)25(31)27-16-24(30(2)3)20-13-8-10-18-9-4-5-11-19(18)20/h4-15,24H,16H2,1-3H3,(H,27,31)(H,28,29,32)/t24-/m1/s1. The van der Waals surface area contributed by atoms with Crippen LogP contribution >= 0.6 is 0 Å². The Hall–Kier alpha value is -3.77. The average molecular weight is 427 g/mol. The van der Waals surface area contributed by atoms with Crippen molar-refractivity contribution in [2.45, 2.75) is 13.0 Å². The third kappa shape index (κ3) is 4.45. The SMILES string of the molecule is Cc1cc(NC(=O)C(=O)NC[C@H](c2cccc3ccccc23)N(C)C)c2ccccc2n1. The van der Waals surface area contributed by atoms with Gasteiger partial charge in [-0.25, -0.2) is 0 Å². The highest BCUT2D eigenvalue weighted by Gasteiger charge is 2.21. The first kappa shape index (κ1) is 21.5. The van der Waals surface area contributed by atoms with Crippen molar-refractivity contribution in [2.24, 2.45) is 0 Å². The summed E-state index contributed by atoms with van der Waals surface area (Å²) in [6, 6.07) is 23.5. The summed E-state index contributed by atoms with van der Waals surface area (Å²) in [4.78, 5) is 31.8. The lowest BCUT2D eigenvalue weighted by molar-refractivity contribution is -0.136. The van der Waals surface area contributed by atoms with Gasteiger partial charge < -0.3 is 15.5 Å². The van der Waals surface area contributed by atoms with Gasteiger partial charge in [-0.3, -0.25) is 14.6 Å². The van der Waals surface area contributed by atoms with E-state index >= 15 is 0 Å². The van der Waals surface area contributed by atoms with Crippen LogP contribution in [0.25, 0.3) is 21.7 Å². The molecule has 0 aliphatic carbocycles. The Morgan fingerprint density at radius 2 is 1.59 bits per heavy atom. The Balaban J connectivity index is 1.50. The molecule has 0 bridgehead atoms. The predicted molar refractivity (Wildman–Crippen MR) is 128 cm³/mol. The summed E-state index contributed by atoms with van der Waals surface area (Å²) in [6.45, 7) is 2.16. The molecule has 0 aliphatic heterocycles. The summed E-state index contributed by atoms with van der Waals surface area (Å²) >= 11 is 0. The van der Waals surface area contributed by atoms with Crippen LogP contribution < -0.4 is 10.6 Å². The number of rotatable bonds is 5. The number of pyridine rings is 1. The van der Waals surface area contributed by atoms with E-state index in [-0.39, 0.29) is 6.04 Å². The number of aromatic nitrogens is 1. The van der Waals surface area contributed by atoms with Crippen molar-refractivity contribution in [3.05, 3.63) is 84.1 Å². The van der Waals surface area contributed by atoms with E-state index in [1.807, 2.05) is 68.4 Å². The molecule has 0 spiro atoms. The second kappa shape index (κ2) is 9.16. The van der Waals surface area contributed by atoms with E-state index in [1.54, 1.807) is 6.07 Å². The minimum atomic E-state index is -0.698. The molecule has 4 aromatic rings. The summed E-state index contributed by atoms with van der Waals surface area (Å²) < 4.78 is 0. The first-order valence-electron chi connectivity index (χ1n) is 10.5. The molecule has 6 nitrogen and oxygen atoms in total. The van der Waals surface area contributed by atoms with Gasteiger partial charge in [0.15, 0.2) is 0 Å². The lowest BCUT2D eigenvalue weighted by atomic mass is 9.98. The first-order chi connectivity index (χ1) is 15.4. The van der Waals surface area contributed by atoms with Crippen molar-refractivity contribution < 1.29 is 9.59 Å². The Morgan fingerprint density at radius 3 is 2.38 bits per heavy atom. The predicted octanol–water partition coefficient (Wildman–Crippen LogP) is 4.05. The van der Waals surface area contributed by atoms with Crippen LogP contribution in [-0.2, 0) is 9.59 Å². The Kier molecular flexibility index (Phi) is 6.14. The Bertz CT molecular complexity index is 1290. The van der Waals surface area contributed by atoms with Crippen molar-refractivity contribution in [3.63, 3.8) is 0 Å². The van der Waals surface area contributed by atoms with Crippen LogP contribution in [0.5, 0.6) is 0 Å². The molecule has 2 N–H and O–H groups in total. The fraction of sp³-hybridized carbons (Fsp3) is 0.192. The number of carbonyl (C=O) groups is 2. The molecular formula is C26H26N4O2. The van der Waals surface area contributed by atoms with Crippen molar-refractivity contribution in [1.29, 1.82) is 0 Å². The number of fused-ring (bicyclic) bond motifs is 2. The molecule has 0 fully saturated rings. The number of anilines is 1. The molecule has 6 heteroatoms. The summed E-state index contributed by atoms with van der Waals surface area (Å²) in [6.07, 6.45) is 0. The van der Waals surface area contributed by atoms with Crippen LogP contribution in [0.1, 0.15) is 17.3 Å². The van der Waals surface area contributed by atoms with E-state index in [1.165, 1.54) is 0 Å². The highest BCUT2D eigenvalue weighted by molar-refractivity contribution is 6.40. The van der Waals surface area contributed by atoms with Crippen molar-refractivity contribution in [2.75, 3.05) is 26.0 Å². The number of para-hydroxylation sites is 1. The smallest absolute Gasteiger partial charge is 0.313 e. The summed E-state index contributed by atoms with van der Waals surface area (Å²) in [5, 5.41) is 8.61. The fourth-order valence-corrected chi connectivity index (χ4v) is 3.97. The van der Waals surface area contributed by atoms with Gasteiger partial charge >= 0.3 is 11.8 Å². The van der Waals surface area contributed by atoms with E-state index in [4.69, 9.17) is 0 Å². The number of hydrogen-bond donors (Lipinski definition) is 2. The normalized spacial score (nSPS) is 12.1. The number of nitrogens with one attached hydrogen (secondary N) is 2. The summed E-state index contributed by atoms with van der Waals surface area (Å²) in [5.74, 6) is -1.37. The van der Waals surface area contributed by atoms with Gasteiger partial charge in [0.05, 0.1) is 17.2 Å². The van der Waals surface area contributed by atoms with Crippen molar-refractivity contribution in [1.82, 2.24) is 15.2 Å². The molecule has 32 heavy (non-hydrogen) atoms. The van der Waals surface area contributed by atoms with Gasteiger partial charge in [0, 0.05) is 17.6 Å². The molecule has 4 rings (SSSR count). The number of nitrogens with zero attached hydrogens (tertiary/aromatic N) is 2. The molecule has 0 aliphatic rings. The quantitative estimate of drug-likeness (QED) is 0.472. The van der Waals surface area contributed by atoms with Crippen LogP contribution in [0, 0.1) is 6.92 Å². The zero-order valence-electron chi connectivity index (χ0n) is 18.4. The van der Waals surface area contributed by atoms with Gasteiger partial charge in [-0.05, 0) is 49.5 Å². The highest BCUT2D eigenvalue weighted by Crippen LogP contribution is 2.27. The molecule has 0 unspecified atom stereocenters. The van der Waals surface area contributed by atoms with Crippen LogP contribution in [0.2, 0.25) is 0 Å². The largest absolute Gasteiger partial charge is 0.346 e. The Labute approximate surface area is 187 Å². The molecule has 3 aromatic carbocycles. The molecule has 2 amide bonds. The van der Waals surface area contributed by atoms with E-state index in [0.29, 0.717) is 12.2 Å². The monoisotopic (exact) mass is 426 g/mol. The average Bonchev–Trinajstić information content (AvgIpc) is 2.78. The highest BCUT2D eigenvalue weighted by atomic mass is 16.2.